The Balaban J connectivity index is 1.56. The zero-order valence-corrected chi connectivity index (χ0v) is 13.9. The number of aliphatic hydroxyl groups is 3. The van der Waals surface area contributed by atoms with Gasteiger partial charge in [-0.25, -0.2) is 4.98 Å². The topological polar surface area (TPSA) is 120 Å². The molecule has 2 aliphatic rings. The van der Waals surface area contributed by atoms with Crippen LogP contribution in [0, 0.1) is 0 Å². The van der Waals surface area contributed by atoms with Crippen LogP contribution in [-0.2, 0) is 11.3 Å². The summed E-state index contributed by atoms with van der Waals surface area (Å²) in [6.07, 6.45) is -2.87. The highest BCUT2D eigenvalue weighted by Crippen LogP contribution is 2.34. The molecular formula is C17H20N4O5. The molecule has 1 aromatic heterocycles. The van der Waals surface area contributed by atoms with Gasteiger partial charge in [-0.1, -0.05) is 30.3 Å². The first-order chi connectivity index (χ1) is 12.6. The van der Waals surface area contributed by atoms with E-state index in [2.05, 4.69) is 10.3 Å². The SMILES string of the molecule is O=C1c2ncn([C@@H]3O[C@H](CO)[C@@H](O)[C@H]3O)c2NCN1Cc1ccccc1. The van der Waals surface area contributed by atoms with Gasteiger partial charge in [0.2, 0.25) is 0 Å². The molecule has 2 aromatic rings. The maximum Gasteiger partial charge on any atom is 0.278 e. The summed E-state index contributed by atoms with van der Waals surface area (Å²) >= 11 is 0. The van der Waals surface area contributed by atoms with Gasteiger partial charge >= 0.3 is 0 Å². The van der Waals surface area contributed by atoms with E-state index in [1.807, 2.05) is 30.3 Å². The molecule has 3 heterocycles. The molecule has 138 valence electrons. The number of rotatable bonds is 4. The van der Waals surface area contributed by atoms with E-state index in [1.165, 1.54) is 10.9 Å². The number of carbonyl (C=O) groups excluding carboxylic acids is 1. The molecule has 4 rings (SSSR count). The largest absolute Gasteiger partial charge is 0.394 e. The standard InChI is InChI=1S/C17H20N4O5/c22-7-11-13(23)14(24)17(26-11)21-9-18-12-15(21)19-8-20(16(12)25)6-10-4-2-1-3-5-10/h1-5,9,11,13-14,17,19,22-24H,6-8H2/t11-,13-,14-,17-/m1/s1. The summed E-state index contributed by atoms with van der Waals surface area (Å²) in [6, 6.07) is 9.64. The zero-order valence-electron chi connectivity index (χ0n) is 13.9. The van der Waals surface area contributed by atoms with Gasteiger partial charge in [0, 0.05) is 6.54 Å². The second-order valence-electron chi connectivity index (χ2n) is 6.40. The molecule has 9 heteroatoms. The molecule has 0 unspecified atom stereocenters. The number of carbonyl (C=O) groups is 1. The van der Waals surface area contributed by atoms with Crippen LogP contribution >= 0.6 is 0 Å². The van der Waals surface area contributed by atoms with Crippen LogP contribution in [0.4, 0.5) is 5.82 Å². The summed E-state index contributed by atoms with van der Waals surface area (Å²) in [7, 11) is 0. The van der Waals surface area contributed by atoms with Crippen LogP contribution in [0.15, 0.2) is 36.7 Å². The van der Waals surface area contributed by atoms with E-state index in [1.54, 1.807) is 4.90 Å². The van der Waals surface area contributed by atoms with E-state index in [0.29, 0.717) is 12.4 Å². The zero-order chi connectivity index (χ0) is 18.3. The molecule has 0 spiro atoms. The molecule has 9 nitrogen and oxygen atoms in total. The van der Waals surface area contributed by atoms with Crippen LogP contribution in [0.5, 0.6) is 0 Å². The minimum Gasteiger partial charge on any atom is -0.394 e. The fraction of sp³-hybridized carbons (Fsp3) is 0.412. The third-order valence-electron chi connectivity index (χ3n) is 4.73. The van der Waals surface area contributed by atoms with E-state index in [0.717, 1.165) is 5.56 Å². The molecule has 0 aliphatic carbocycles. The quantitative estimate of drug-likeness (QED) is 0.581. The van der Waals surface area contributed by atoms with Crippen molar-refractivity contribution in [2.24, 2.45) is 0 Å². The summed E-state index contributed by atoms with van der Waals surface area (Å²) in [5, 5.41) is 32.5. The lowest BCUT2D eigenvalue weighted by Crippen LogP contribution is -2.40. The molecule has 26 heavy (non-hydrogen) atoms. The highest BCUT2D eigenvalue weighted by atomic mass is 16.6. The van der Waals surface area contributed by atoms with E-state index < -0.39 is 31.1 Å². The van der Waals surface area contributed by atoms with Crippen molar-refractivity contribution in [3.8, 4) is 0 Å². The molecule has 1 saturated heterocycles. The summed E-state index contributed by atoms with van der Waals surface area (Å²) in [6.45, 7) is 0.316. The second-order valence-corrected chi connectivity index (χ2v) is 6.40. The maximum atomic E-state index is 12.7. The number of fused-ring (bicyclic) bond motifs is 1. The van der Waals surface area contributed by atoms with Crippen LogP contribution in [0.25, 0.3) is 0 Å². The number of nitrogens with zero attached hydrogens (tertiary/aromatic N) is 3. The van der Waals surface area contributed by atoms with Crippen LogP contribution < -0.4 is 5.32 Å². The van der Waals surface area contributed by atoms with Crippen molar-refractivity contribution in [3.63, 3.8) is 0 Å². The van der Waals surface area contributed by atoms with Gasteiger partial charge < -0.3 is 30.3 Å². The first-order valence-corrected chi connectivity index (χ1v) is 8.36. The van der Waals surface area contributed by atoms with Crippen molar-refractivity contribution in [1.29, 1.82) is 0 Å². The van der Waals surface area contributed by atoms with Crippen LogP contribution in [0.3, 0.4) is 0 Å². The molecule has 0 saturated carbocycles. The molecule has 0 radical (unpaired) electrons. The number of nitrogens with one attached hydrogen (secondary N) is 1. The van der Waals surface area contributed by atoms with Crippen molar-refractivity contribution in [1.82, 2.24) is 14.5 Å². The normalized spacial score (nSPS) is 28.1. The number of imidazole rings is 1. The Kier molecular flexibility index (Phi) is 4.37. The van der Waals surface area contributed by atoms with Crippen molar-refractivity contribution in [2.75, 3.05) is 18.6 Å². The third-order valence-corrected chi connectivity index (χ3v) is 4.73. The molecule has 1 fully saturated rings. The van der Waals surface area contributed by atoms with Gasteiger partial charge in [-0.15, -0.1) is 0 Å². The van der Waals surface area contributed by atoms with Crippen molar-refractivity contribution in [3.05, 3.63) is 47.9 Å². The van der Waals surface area contributed by atoms with E-state index in [9.17, 15) is 20.1 Å². The Labute approximate surface area is 149 Å². The Hall–Kier alpha value is -2.46. The Bertz CT molecular complexity index is 796. The molecular weight excluding hydrogens is 340 g/mol. The average molecular weight is 360 g/mol. The minimum atomic E-state index is -1.23. The number of aromatic nitrogens is 2. The van der Waals surface area contributed by atoms with Crippen molar-refractivity contribution >= 4 is 11.7 Å². The van der Waals surface area contributed by atoms with Crippen LogP contribution in [-0.4, -0.2) is 67.3 Å². The summed E-state index contributed by atoms with van der Waals surface area (Å²) in [5.74, 6) is 0.197. The number of amides is 1. The van der Waals surface area contributed by atoms with Gasteiger partial charge in [-0.3, -0.25) is 9.36 Å². The highest BCUT2D eigenvalue weighted by Gasteiger charge is 2.45. The summed E-state index contributed by atoms with van der Waals surface area (Å²) in [5.41, 5.74) is 1.24. The predicted octanol–water partition coefficient (Wildman–Crippen LogP) is -0.480. The number of aliphatic hydroxyl groups excluding tert-OH is 3. The lowest BCUT2D eigenvalue weighted by atomic mass is 10.1. The third kappa shape index (κ3) is 2.74. The number of anilines is 1. The van der Waals surface area contributed by atoms with Gasteiger partial charge in [0.05, 0.1) is 19.6 Å². The fourth-order valence-electron chi connectivity index (χ4n) is 3.32. The molecule has 2 aliphatic heterocycles. The van der Waals surface area contributed by atoms with Crippen molar-refractivity contribution < 1.29 is 24.9 Å². The lowest BCUT2D eigenvalue weighted by Gasteiger charge is -2.29. The van der Waals surface area contributed by atoms with E-state index >= 15 is 0 Å². The molecule has 4 N–H and O–H groups in total. The Morgan fingerprint density at radius 3 is 2.69 bits per heavy atom. The lowest BCUT2D eigenvalue weighted by molar-refractivity contribution is -0.0519. The van der Waals surface area contributed by atoms with E-state index in [4.69, 9.17) is 4.74 Å². The van der Waals surface area contributed by atoms with Gasteiger partial charge in [0.15, 0.2) is 11.9 Å². The number of benzene rings is 1. The summed E-state index contributed by atoms with van der Waals surface area (Å²) in [4.78, 5) is 18.5. The van der Waals surface area contributed by atoms with Crippen LogP contribution in [0.1, 0.15) is 22.3 Å². The maximum absolute atomic E-state index is 12.7. The van der Waals surface area contributed by atoms with Crippen LogP contribution in [0.2, 0.25) is 0 Å². The molecule has 1 aromatic carbocycles. The second kappa shape index (κ2) is 6.69. The smallest absolute Gasteiger partial charge is 0.278 e. The number of hydrogen-bond acceptors (Lipinski definition) is 7. The van der Waals surface area contributed by atoms with Gasteiger partial charge in [-0.05, 0) is 5.56 Å². The number of hydrogen-bond donors (Lipinski definition) is 4. The van der Waals surface area contributed by atoms with Gasteiger partial charge in [0.25, 0.3) is 5.91 Å². The predicted molar refractivity (Wildman–Crippen MR) is 90.0 cm³/mol. The average Bonchev–Trinajstić information content (AvgIpc) is 3.20. The van der Waals surface area contributed by atoms with E-state index in [-0.39, 0.29) is 18.3 Å². The summed E-state index contributed by atoms with van der Waals surface area (Å²) < 4.78 is 6.99. The van der Waals surface area contributed by atoms with Crippen molar-refractivity contribution in [2.45, 2.75) is 31.1 Å². The Morgan fingerprint density at radius 2 is 2.00 bits per heavy atom. The molecule has 1 amide bonds. The first-order valence-electron chi connectivity index (χ1n) is 8.36. The molecule has 0 bridgehead atoms. The first kappa shape index (κ1) is 17.0. The fourth-order valence-corrected chi connectivity index (χ4v) is 3.32. The highest BCUT2D eigenvalue weighted by molar-refractivity contribution is 5.98. The Morgan fingerprint density at radius 1 is 1.23 bits per heavy atom. The monoisotopic (exact) mass is 360 g/mol. The number of ether oxygens (including phenoxy) is 1. The van der Waals surface area contributed by atoms with Gasteiger partial charge in [0.1, 0.15) is 24.1 Å². The minimum absolute atomic E-state index is 0.227. The van der Waals surface area contributed by atoms with Gasteiger partial charge in [-0.2, -0.15) is 0 Å². The molecule has 4 atom stereocenters.